The van der Waals surface area contributed by atoms with Gasteiger partial charge in [0.15, 0.2) is 11.5 Å². The van der Waals surface area contributed by atoms with Gasteiger partial charge in [-0.25, -0.2) is 4.79 Å². The number of rotatable bonds is 9. The summed E-state index contributed by atoms with van der Waals surface area (Å²) >= 11 is 6.20. The summed E-state index contributed by atoms with van der Waals surface area (Å²) in [4.78, 5) is 47.9. The molecule has 4 N–H and O–H groups in total. The number of H-pyrrole nitrogens is 2. The molecule has 4 heterocycles. The maximum absolute atomic E-state index is 12.4. The number of piperazine rings is 1. The van der Waals surface area contributed by atoms with Gasteiger partial charge in [0.1, 0.15) is 11.8 Å². The molecule has 2 aliphatic heterocycles. The van der Waals surface area contributed by atoms with E-state index in [0.717, 1.165) is 107 Å². The highest BCUT2D eigenvalue weighted by atomic mass is 35.5. The second kappa shape index (κ2) is 15.6. The standard InChI is InChI=1S/C38H42ClN9O4/c39-33-19-30(10-5-27(33)21-40)52-29-8-3-25(4-9-29)31-20-34(44-45-35(31)36(41)49)48-13-11-24(12-14-48)23-46-15-17-47(18-16-46)28-6-1-26(2-7-28)32-22-42-38(51)43-37(32)50/h1-2,5-7,10,19-20,22,24-25,29H,3-4,8-9,11-18,23H2,(H2,41,49)(H2,42,43,50,51). The molecule has 13 nitrogen and oxygen atoms in total. The van der Waals surface area contributed by atoms with E-state index in [0.29, 0.717) is 27.8 Å². The summed E-state index contributed by atoms with van der Waals surface area (Å²) in [6, 6.07) is 17.1. The van der Waals surface area contributed by atoms with E-state index in [4.69, 9.17) is 27.3 Å². The van der Waals surface area contributed by atoms with Gasteiger partial charge in [0.25, 0.3) is 11.5 Å². The number of benzene rings is 2. The molecule has 1 amide bonds. The average molecular weight is 724 g/mol. The van der Waals surface area contributed by atoms with E-state index in [1.54, 1.807) is 18.2 Å². The number of nitrogens with zero attached hydrogens (tertiary/aromatic N) is 6. The van der Waals surface area contributed by atoms with Crippen LogP contribution in [0.4, 0.5) is 11.5 Å². The topological polar surface area (TPSA) is 177 Å². The Morgan fingerprint density at radius 3 is 2.31 bits per heavy atom. The lowest BCUT2D eigenvalue weighted by Crippen LogP contribution is -2.49. The summed E-state index contributed by atoms with van der Waals surface area (Å²) in [6.07, 6.45) is 6.87. The lowest BCUT2D eigenvalue weighted by molar-refractivity contribution is 0.0991. The van der Waals surface area contributed by atoms with Crippen LogP contribution in [0.5, 0.6) is 5.75 Å². The Morgan fingerprint density at radius 1 is 0.923 bits per heavy atom. The zero-order chi connectivity index (χ0) is 36.2. The van der Waals surface area contributed by atoms with E-state index in [1.165, 1.54) is 6.20 Å². The van der Waals surface area contributed by atoms with Crippen molar-refractivity contribution in [2.75, 3.05) is 55.6 Å². The van der Waals surface area contributed by atoms with E-state index in [2.05, 4.69) is 40.9 Å². The van der Waals surface area contributed by atoms with Crippen molar-refractivity contribution < 1.29 is 9.53 Å². The molecule has 2 aromatic heterocycles. The number of amides is 1. The maximum Gasteiger partial charge on any atom is 0.325 e. The van der Waals surface area contributed by atoms with Crippen LogP contribution in [0.15, 0.2) is 64.3 Å². The van der Waals surface area contributed by atoms with Crippen LogP contribution in [-0.4, -0.2) is 82.9 Å². The van der Waals surface area contributed by atoms with Crippen LogP contribution < -0.4 is 31.5 Å². The zero-order valence-corrected chi connectivity index (χ0v) is 29.6. The summed E-state index contributed by atoms with van der Waals surface area (Å²) in [5.41, 5.74) is 8.71. The smallest absolute Gasteiger partial charge is 0.325 e. The SMILES string of the molecule is N#Cc1ccc(OC2CCC(c3cc(N4CCC(CN5CCN(c6ccc(-c7c[nH]c(=O)[nH]c7=O)cc6)CC5)CC4)nnc3C(N)=O)CC2)cc1Cl. The third kappa shape index (κ3) is 7.98. The molecule has 7 rings (SSSR count). The first-order valence-electron chi connectivity index (χ1n) is 17.9. The number of carbonyl (C=O) groups excluding carboxylic acids is 1. The van der Waals surface area contributed by atoms with Crippen molar-refractivity contribution in [1.29, 1.82) is 5.26 Å². The largest absolute Gasteiger partial charge is 0.490 e. The summed E-state index contributed by atoms with van der Waals surface area (Å²) in [7, 11) is 0. The monoisotopic (exact) mass is 723 g/mol. The van der Waals surface area contributed by atoms with Crippen molar-refractivity contribution in [2.24, 2.45) is 11.7 Å². The molecule has 3 fully saturated rings. The minimum atomic E-state index is -0.558. The predicted octanol–water partition coefficient (Wildman–Crippen LogP) is 4.29. The van der Waals surface area contributed by atoms with Crippen LogP contribution in [0, 0.1) is 17.2 Å². The molecule has 52 heavy (non-hydrogen) atoms. The highest BCUT2D eigenvalue weighted by molar-refractivity contribution is 6.31. The third-order valence-corrected chi connectivity index (χ3v) is 11.0. The second-order valence-corrected chi connectivity index (χ2v) is 14.4. The van der Waals surface area contributed by atoms with Gasteiger partial charge in [-0.3, -0.25) is 19.5 Å². The van der Waals surface area contributed by atoms with Crippen LogP contribution in [-0.2, 0) is 0 Å². The minimum Gasteiger partial charge on any atom is -0.490 e. The van der Waals surface area contributed by atoms with Crippen LogP contribution in [0.1, 0.15) is 66.1 Å². The van der Waals surface area contributed by atoms with Crippen molar-refractivity contribution in [1.82, 2.24) is 25.1 Å². The lowest BCUT2D eigenvalue weighted by Gasteiger charge is -2.40. The Balaban J connectivity index is 0.893. The Kier molecular flexibility index (Phi) is 10.6. The van der Waals surface area contributed by atoms with Crippen molar-refractivity contribution in [3.63, 3.8) is 0 Å². The summed E-state index contributed by atoms with van der Waals surface area (Å²) < 4.78 is 6.18. The number of piperidine rings is 1. The molecule has 1 saturated carbocycles. The van der Waals surface area contributed by atoms with Crippen LogP contribution >= 0.6 is 11.6 Å². The summed E-state index contributed by atoms with van der Waals surface area (Å²) in [6.45, 7) is 6.66. The van der Waals surface area contributed by atoms with Gasteiger partial charge in [0.05, 0.1) is 22.3 Å². The first kappa shape index (κ1) is 35.2. The number of hydrogen-bond acceptors (Lipinski definition) is 10. The molecular weight excluding hydrogens is 682 g/mol. The van der Waals surface area contributed by atoms with Gasteiger partial charge in [-0.1, -0.05) is 23.7 Å². The number of carbonyl (C=O) groups is 1. The van der Waals surface area contributed by atoms with Crippen LogP contribution in [0.3, 0.4) is 0 Å². The number of nitrogens with two attached hydrogens (primary N) is 1. The van der Waals surface area contributed by atoms with Gasteiger partial charge in [-0.15, -0.1) is 10.2 Å². The highest BCUT2D eigenvalue weighted by Gasteiger charge is 2.30. The van der Waals surface area contributed by atoms with Gasteiger partial charge in [0.2, 0.25) is 0 Å². The molecule has 2 aromatic carbocycles. The molecule has 0 spiro atoms. The number of aromatic amines is 2. The number of nitriles is 1. The average Bonchev–Trinajstić information content (AvgIpc) is 3.16. The van der Waals surface area contributed by atoms with E-state index in [-0.39, 0.29) is 17.7 Å². The Labute approximate surface area is 306 Å². The summed E-state index contributed by atoms with van der Waals surface area (Å²) in [5, 5.41) is 18.3. The quantitative estimate of drug-likeness (QED) is 0.226. The molecule has 0 atom stereocenters. The van der Waals surface area contributed by atoms with E-state index in [1.807, 2.05) is 30.3 Å². The number of primary amides is 1. The fraction of sp³-hybridized carbons (Fsp3) is 0.421. The van der Waals surface area contributed by atoms with Gasteiger partial charge in [-0.05, 0) is 91.8 Å². The Bertz CT molecular complexity index is 2050. The summed E-state index contributed by atoms with van der Waals surface area (Å²) in [5.74, 6) is 1.62. The van der Waals surface area contributed by atoms with E-state index in [9.17, 15) is 14.4 Å². The first-order valence-corrected chi connectivity index (χ1v) is 18.3. The second-order valence-electron chi connectivity index (χ2n) is 14.0. The number of ether oxygens (including phenoxy) is 1. The van der Waals surface area contributed by atoms with Gasteiger partial charge in [-0.2, -0.15) is 5.26 Å². The molecule has 2 saturated heterocycles. The molecular formula is C38H42ClN9O4. The molecule has 0 radical (unpaired) electrons. The Hall–Kier alpha value is -5.19. The van der Waals surface area contributed by atoms with E-state index >= 15 is 0 Å². The fourth-order valence-corrected chi connectivity index (χ4v) is 7.98. The van der Waals surface area contributed by atoms with Crippen molar-refractivity contribution in [3.8, 4) is 22.9 Å². The fourth-order valence-electron chi connectivity index (χ4n) is 7.77. The zero-order valence-electron chi connectivity index (χ0n) is 28.9. The number of anilines is 2. The number of halogens is 1. The molecule has 0 bridgehead atoms. The minimum absolute atomic E-state index is 0.0167. The van der Waals surface area contributed by atoms with Crippen molar-refractivity contribution >= 4 is 29.0 Å². The van der Waals surface area contributed by atoms with Crippen LogP contribution in [0.2, 0.25) is 5.02 Å². The maximum atomic E-state index is 12.4. The van der Waals surface area contributed by atoms with Gasteiger partial charge in [0, 0.05) is 63.8 Å². The van der Waals surface area contributed by atoms with Crippen LogP contribution in [0.25, 0.3) is 11.1 Å². The number of nitrogens with one attached hydrogen (secondary N) is 2. The molecule has 14 heteroatoms. The van der Waals surface area contributed by atoms with Crippen molar-refractivity contribution in [3.05, 3.63) is 97.4 Å². The molecule has 0 unspecified atom stereocenters. The first-order chi connectivity index (χ1) is 25.2. The normalized spacial score (nSPS) is 20.0. The predicted molar refractivity (Wildman–Crippen MR) is 199 cm³/mol. The van der Waals surface area contributed by atoms with Gasteiger partial charge < -0.3 is 25.3 Å². The molecule has 270 valence electrons. The van der Waals surface area contributed by atoms with Crippen molar-refractivity contribution in [2.45, 2.75) is 50.5 Å². The number of hydrogen-bond donors (Lipinski definition) is 3. The highest BCUT2D eigenvalue weighted by Crippen LogP contribution is 2.37. The molecule has 1 aliphatic carbocycles. The van der Waals surface area contributed by atoms with E-state index < -0.39 is 17.2 Å². The van der Waals surface area contributed by atoms with Gasteiger partial charge >= 0.3 is 5.69 Å². The number of aromatic nitrogens is 4. The molecule has 4 aromatic rings. The Morgan fingerprint density at radius 2 is 1.65 bits per heavy atom. The molecule has 3 aliphatic rings. The lowest BCUT2D eigenvalue weighted by atomic mass is 9.82. The third-order valence-electron chi connectivity index (χ3n) is 10.7.